The third-order valence-corrected chi connectivity index (χ3v) is 4.31. The number of carbonyl (C=O) groups is 1. The normalized spacial score (nSPS) is 12.5. The van der Waals surface area contributed by atoms with Crippen molar-refractivity contribution in [2.24, 2.45) is 4.99 Å². The molecule has 1 atom stereocenters. The number of nitrogens with zero attached hydrogens (tertiary/aromatic N) is 1. The Labute approximate surface area is 161 Å². The van der Waals surface area contributed by atoms with E-state index in [1.54, 1.807) is 6.07 Å². The average molecular weight is 370 g/mol. The molecule has 1 heterocycles. The van der Waals surface area contributed by atoms with Gasteiger partial charge in [-0.3, -0.25) is 9.79 Å². The smallest absolute Gasteiger partial charge is 0.287 e. The van der Waals surface area contributed by atoms with Gasteiger partial charge in [0.05, 0.1) is 12.3 Å². The molecule has 0 spiro atoms. The maximum absolute atomic E-state index is 12.0. The van der Waals surface area contributed by atoms with Crippen molar-refractivity contribution < 1.29 is 9.21 Å². The number of rotatable bonds is 8. The van der Waals surface area contributed by atoms with Crippen molar-refractivity contribution in [3.8, 4) is 0 Å². The fraction of sp³-hybridized carbons (Fsp3) is 0.429. The van der Waals surface area contributed by atoms with Crippen molar-refractivity contribution in [3.05, 3.63) is 59.0 Å². The van der Waals surface area contributed by atoms with Crippen LogP contribution in [0.2, 0.25) is 0 Å². The molecule has 0 bridgehead atoms. The zero-order valence-electron chi connectivity index (χ0n) is 16.6. The first-order valence-electron chi connectivity index (χ1n) is 9.45. The molecule has 0 fully saturated rings. The fourth-order valence-corrected chi connectivity index (χ4v) is 2.83. The molecule has 6 heteroatoms. The second-order valence-electron chi connectivity index (χ2n) is 6.53. The van der Waals surface area contributed by atoms with E-state index in [0.717, 1.165) is 24.5 Å². The van der Waals surface area contributed by atoms with Crippen LogP contribution in [0.25, 0.3) is 0 Å². The molecule has 0 aliphatic heterocycles. The van der Waals surface area contributed by atoms with Gasteiger partial charge in [-0.25, -0.2) is 0 Å². The Bertz CT molecular complexity index is 767. The van der Waals surface area contributed by atoms with E-state index in [2.05, 4.69) is 46.9 Å². The highest BCUT2D eigenvalue weighted by atomic mass is 16.3. The second-order valence-corrected chi connectivity index (χ2v) is 6.53. The standard InChI is InChI=1S/C21H30N4O2/c1-5-22-21(25-17(4)18-10-7-6-9-15(18)2)24-13-8-12-23-20(26)19-16(3)11-14-27-19/h6-7,9-11,14,17H,5,8,12-13H2,1-4H3,(H,23,26)(H2,22,24,25). The molecule has 6 nitrogen and oxygen atoms in total. The van der Waals surface area contributed by atoms with E-state index >= 15 is 0 Å². The number of aryl methyl sites for hydroxylation is 2. The summed E-state index contributed by atoms with van der Waals surface area (Å²) in [5.74, 6) is 0.974. The van der Waals surface area contributed by atoms with E-state index in [-0.39, 0.29) is 11.9 Å². The van der Waals surface area contributed by atoms with Gasteiger partial charge in [-0.15, -0.1) is 0 Å². The Morgan fingerprint density at radius 2 is 1.93 bits per heavy atom. The molecule has 2 aromatic rings. The molecule has 0 saturated carbocycles. The van der Waals surface area contributed by atoms with Crippen LogP contribution in [-0.4, -0.2) is 31.5 Å². The van der Waals surface area contributed by atoms with Gasteiger partial charge in [-0.05, 0) is 51.3 Å². The van der Waals surface area contributed by atoms with Crippen LogP contribution >= 0.6 is 0 Å². The molecule has 0 aliphatic carbocycles. The summed E-state index contributed by atoms with van der Waals surface area (Å²) in [6.07, 6.45) is 2.28. The predicted molar refractivity (Wildman–Crippen MR) is 109 cm³/mol. The zero-order chi connectivity index (χ0) is 19.6. The molecular weight excluding hydrogens is 340 g/mol. The number of nitrogens with one attached hydrogen (secondary N) is 3. The topological polar surface area (TPSA) is 78.7 Å². The Morgan fingerprint density at radius 1 is 1.15 bits per heavy atom. The van der Waals surface area contributed by atoms with Crippen LogP contribution in [0.3, 0.4) is 0 Å². The minimum Gasteiger partial charge on any atom is -0.459 e. The molecule has 1 aromatic carbocycles. The van der Waals surface area contributed by atoms with Crippen molar-refractivity contribution in [2.75, 3.05) is 19.6 Å². The molecule has 2 rings (SSSR count). The van der Waals surface area contributed by atoms with Crippen LogP contribution in [0.1, 0.15) is 53.6 Å². The summed E-state index contributed by atoms with van der Waals surface area (Å²) in [5, 5.41) is 9.57. The maximum Gasteiger partial charge on any atom is 0.287 e. The largest absolute Gasteiger partial charge is 0.459 e. The highest BCUT2D eigenvalue weighted by Gasteiger charge is 2.12. The Hall–Kier alpha value is -2.76. The molecule has 3 N–H and O–H groups in total. The van der Waals surface area contributed by atoms with Crippen molar-refractivity contribution in [2.45, 2.75) is 40.2 Å². The molecule has 1 aromatic heterocycles. The number of aliphatic imine (C=N–C) groups is 1. The molecule has 1 unspecified atom stereocenters. The quantitative estimate of drug-likeness (QED) is 0.378. The van der Waals surface area contributed by atoms with E-state index in [1.165, 1.54) is 17.4 Å². The van der Waals surface area contributed by atoms with Crippen molar-refractivity contribution in [1.29, 1.82) is 0 Å². The second kappa shape index (κ2) is 10.4. The summed E-state index contributed by atoms with van der Waals surface area (Å²) in [4.78, 5) is 16.6. The lowest BCUT2D eigenvalue weighted by molar-refractivity contribution is 0.0925. The van der Waals surface area contributed by atoms with E-state index in [9.17, 15) is 4.79 Å². The van der Waals surface area contributed by atoms with Crippen molar-refractivity contribution >= 4 is 11.9 Å². The first-order valence-corrected chi connectivity index (χ1v) is 9.45. The van der Waals surface area contributed by atoms with Gasteiger partial charge in [0.15, 0.2) is 11.7 Å². The van der Waals surface area contributed by atoms with Gasteiger partial charge >= 0.3 is 0 Å². The summed E-state index contributed by atoms with van der Waals surface area (Å²) in [5.41, 5.74) is 3.35. The van der Waals surface area contributed by atoms with Crippen LogP contribution in [0.15, 0.2) is 46.0 Å². The van der Waals surface area contributed by atoms with Gasteiger partial charge in [0, 0.05) is 25.2 Å². The monoisotopic (exact) mass is 370 g/mol. The lowest BCUT2D eigenvalue weighted by Crippen LogP contribution is -2.39. The number of guanidine groups is 1. The summed E-state index contributed by atoms with van der Waals surface area (Å²) in [6.45, 7) is 10.1. The van der Waals surface area contributed by atoms with Gasteiger partial charge in [-0.1, -0.05) is 24.3 Å². The van der Waals surface area contributed by atoms with Gasteiger partial charge in [0.1, 0.15) is 0 Å². The Kier molecular flexibility index (Phi) is 7.92. The van der Waals surface area contributed by atoms with Crippen molar-refractivity contribution in [1.82, 2.24) is 16.0 Å². The lowest BCUT2D eigenvalue weighted by atomic mass is 10.0. The highest BCUT2D eigenvalue weighted by molar-refractivity contribution is 5.92. The average Bonchev–Trinajstić information content (AvgIpc) is 3.07. The number of hydrogen-bond acceptors (Lipinski definition) is 3. The van der Waals surface area contributed by atoms with Crippen molar-refractivity contribution in [3.63, 3.8) is 0 Å². The molecule has 27 heavy (non-hydrogen) atoms. The van der Waals surface area contributed by atoms with Crippen LogP contribution in [0.4, 0.5) is 0 Å². The zero-order valence-corrected chi connectivity index (χ0v) is 16.6. The van der Waals surface area contributed by atoms with Crippen LogP contribution in [0.5, 0.6) is 0 Å². The fourth-order valence-electron chi connectivity index (χ4n) is 2.83. The maximum atomic E-state index is 12.0. The van der Waals surface area contributed by atoms with Gasteiger partial charge in [0.2, 0.25) is 0 Å². The number of hydrogen-bond donors (Lipinski definition) is 3. The third kappa shape index (κ3) is 6.16. The first kappa shape index (κ1) is 20.6. The number of carbonyl (C=O) groups excluding carboxylic acids is 1. The summed E-state index contributed by atoms with van der Waals surface area (Å²) in [7, 11) is 0. The lowest BCUT2D eigenvalue weighted by Gasteiger charge is -2.19. The summed E-state index contributed by atoms with van der Waals surface area (Å²) < 4.78 is 5.19. The van der Waals surface area contributed by atoms with Crippen LogP contribution < -0.4 is 16.0 Å². The van der Waals surface area contributed by atoms with E-state index in [4.69, 9.17) is 4.42 Å². The van der Waals surface area contributed by atoms with Gasteiger partial charge in [-0.2, -0.15) is 0 Å². The summed E-state index contributed by atoms with van der Waals surface area (Å²) >= 11 is 0. The number of benzene rings is 1. The first-order chi connectivity index (χ1) is 13.0. The number of amides is 1. The van der Waals surface area contributed by atoms with Gasteiger partial charge < -0.3 is 20.4 Å². The van der Waals surface area contributed by atoms with E-state index < -0.39 is 0 Å². The SMILES string of the molecule is CCNC(=NCCCNC(=O)c1occc1C)NC(C)c1ccccc1C. The molecule has 146 valence electrons. The van der Waals surface area contributed by atoms with Crippen LogP contribution in [0, 0.1) is 13.8 Å². The van der Waals surface area contributed by atoms with E-state index in [0.29, 0.717) is 18.8 Å². The minimum atomic E-state index is -0.181. The molecule has 1 amide bonds. The Balaban J connectivity index is 1.82. The highest BCUT2D eigenvalue weighted by Crippen LogP contribution is 2.16. The Morgan fingerprint density at radius 3 is 2.59 bits per heavy atom. The summed E-state index contributed by atoms with van der Waals surface area (Å²) in [6, 6.07) is 10.3. The molecule has 0 saturated heterocycles. The predicted octanol–water partition coefficient (Wildman–Crippen LogP) is 3.33. The minimum absolute atomic E-state index is 0.158. The molecule has 0 aliphatic rings. The van der Waals surface area contributed by atoms with E-state index in [1.807, 2.05) is 26.0 Å². The van der Waals surface area contributed by atoms with Crippen LogP contribution in [-0.2, 0) is 0 Å². The molecular formula is C21H30N4O2. The number of furan rings is 1. The third-order valence-electron chi connectivity index (χ3n) is 4.31. The van der Waals surface area contributed by atoms with Gasteiger partial charge in [0.25, 0.3) is 5.91 Å². The molecule has 0 radical (unpaired) electrons.